The first-order valence-corrected chi connectivity index (χ1v) is 7.95. The van der Waals surface area contributed by atoms with Gasteiger partial charge in [-0.2, -0.15) is 0 Å². The van der Waals surface area contributed by atoms with Crippen molar-refractivity contribution in [3.05, 3.63) is 20.8 Å². The molecule has 1 fully saturated rings. The van der Waals surface area contributed by atoms with E-state index in [4.69, 9.17) is 0 Å². The third-order valence-electron chi connectivity index (χ3n) is 3.17. The molecular weight excluding hydrogens is 344 g/mol. The van der Waals surface area contributed by atoms with Gasteiger partial charge in [0.15, 0.2) is 5.78 Å². The summed E-state index contributed by atoms with van der Waals surface area (Å²) in [5, 5.41) is 1.81. The average molecular weight is 359 g/mol. The summed E-state index contributed by atoms with van der Waals surface area (Å²) in [6.07, 6.45) is 0. The SMILES string of the molecule is CC(C)N1CCN(CC(=O)c2sccc2Br)C(=O)C1=O. The molecule has 1 aromatic heterocycles. The molecule has 2 amide bonds. The first-order chi connectivity index (χ1) is 9.41. The van der Waals surface area contributed by atoms with Crippen molar-refractivity contribution in [3.63, 3.8) is 0 Å². The molecular formula is C13H15BrN2O3S. The summed E-state index contributed by atoms with van der Waals surface area (Å²) in [6.45, 7) is 4.57. The second-order valence-electron chi connectivity index (χ2n) is 4.84. The van der Waals surface area contributed by atoms with Gasteiger partial charge in [-0.1, -0.05) is 0 Å². The van der Waals surface area contributed by atoms with E-state index in [1.807, 2.05) is 13.8 Å². The van der Waals surface area contributed by atoms with Crippen molar-refractivity contribution in [2.45, 2.75) is 19.9 Å². The molecule has 0 radical (unpaired) electrons. The van der Waals surface area contributed by atoms with Crippen molar-refractivity contribution in [1.82, 2.24) is 9.80 Å². The molecule has 0 unspecified atom stereocenters. The minimum Gasteiger partial charge on any atom is -0.330 e. The number of rotatable bonds is 4. The smallest absolute Gasteiger partial charge is 0.312 e. The summed E-state index contributed by atoms with van der Waals surface area (Å²) >= 11 is 4.62. The number of Topliss-reactive ketones (excluding diaryl/α,β-unsaturated/α-hetero) is 1. The number of hydrogen-bond acceptors (Lipinski definition) is 4. The lowest BCUT2D eigenvalue weighted by Gasteiger charge is -2.35. The predicted octanol–water partition coefficient (Wildman–Crippen LogP) is 1.77. The molecule has 0 saturated carbocycles. The number of carbonyl (C=O) groups excluding carboxylic acids is 3. The Balaban J connectivity index is 2.05. The van der Waals surface area contributed by atoms with E-state index in [1.54, 1.807) is 11.4 Å². The highest BCUT2D eigenvalue weighted by Gasteiger charge is 2.34. The first-order valence-electron chi connectivity index (χ1n) is 6.28. The number of ketones is 1. The van der Waals surface area contributed by atoms with Crippen molar-refractivity contribution in [2.75, 3.05) is 19.6 Å². The summed E-state index contributed by atoms with van der Waals surface area (Å²) in [4.78, 5) is 39.5. The van der Waals surface area contributed by atoms with Crippen LogP contribution in [0, 0.1) is 0 Å². The van der Waals surface area contributed by atoms with Gasteiger partial charge in [0.2, 0.25) is 0 Å². The van der Waals surface area contributed by atoms with Gasteiger partial charge in [0.25, 0.3) is 0 Å². The van der Waals surface area contributed by atoms with Crippen LogP contribution in [0.15, 0.2) is 15.9 Å². The fourth-order valence-corrected chi connectivity index (χ4v) is 3.60. The van der Waals surface area contributed by atoms with E-state index in [9.17, 15) is 14.4 Å². The van der Waals surface area contributed by atoms with E-state index < -0.39 is 11.8 Å². The Kier molecular flexibility index (Phi) is 4.59. The van der Waals surface area contributed by atoms with Gasteiger partial charge in [0.05, 0.1) is 11.4 Å². The maximum absolute atomic E-state index is 12.1. The molecule has 0 aliphatic carbocycles. The van der Waals surface area contributed by atoms with Crippen LogP contribution in [-0.2, 0) is 9.59 Å². The zero-order chi connectivity index (χ0) is 14.9. The number of hydrogen-bond donors (Lipinski definition) is 0. The second-order valence-corrected chi connectivity index (χ2v) is 6.61. The second kappa shape index (κ2) is 6.05. The number of thiophene rings is 1. The molecule has 20 heavy (non-hydrogen) atoms. The monoisotopic (exact) mass is 358 g/mol. The molecule has 2 heterocycles. The van der Waals surface area contributed by atoms with E-state index in [0.29, 0.717) is 18.0 Å². The Morgan fingerprint density at radius 2 is 2.05 bits per heavy atom. The molecule has 1 aliphatic rings. The number of nitrogens with zero attached hydrogens (tertiary/aromatic N) is 2. The largest absolute Gasteiger partial charge is 0.330 e. The maximum Gasteiger partial charge on any atom is 0.312 e. The highest BCUT2D eigenvalue weighted by atomic mass is 79.9. The average Bonchev–Trinajstić information content (AvgIpc) is 2.81. The summed E-state index contributed by atoms with van der Waals surface area (Å²) in [5.41, 5.74) is 0. The molecule has 0 spiro atoms. The van der Waals surface area contributed by atoms with E-state index in [2.05, 4.69) is 15.9 Å². The Bertz CT molecular complexity index is 556. The number of amides is 2. The van der Waals surface area contributed by atoms with Gasteiger partial charge in [0.1, 0.15) is 0 Å². The molecule has 0 aromatic carbocycles. The molecule has 1 aromatic rings. The van der Waals surface area contributed by atoms with Crippen LogP contribution in [0.4, 0.5) is 0 Å². The molecule has 5 nitrogen and oxygen atoms in total. The van der Waals surface area contributed by atoms with Crippen molar-refractivity contribution >= 4 is 44.9 Å². The Morgan fingerprint density at radius 3 is 2.60 bits per heavy atom. The van der Waals surface area contributed by atoms with Crippen LogP contribution in [0.1, 0.15) is 23.5 Å². The summed E-state index contributed by atoms with van der Waals surface area (Å²) < 4.78 is 0.729. The quantitative estimate of drug-likeness (QED) is 0.608. The lowest BCUT2D eigenvalue weighted by atomic mass is 10.2. The Hall–Kier alpha value is -1.21. The van der Waals surface area contributed by atoms with Crippen LogP contribution < -0.4 is 0 Å². The van der Waals surface area contributed by atoms with Gasteiger partial charge >= 0.3 is 11.8 Å². The first kappa shape index (κ1) is 15.2. The maximum atomic E-state index is 12.1. The number of carbonyl (C=O) groups is 3. The highest BCUT2D eigenvalue weighted by Crippen LogP contribution is 2.23. The lowest BCUT2D eigenvalue weighted by Crippen LogP contribution is -2.57. The molecule has 0 bridgehead atoms. The van der Waals surface area contributed by atoms with Crippen molar-refractivity contribution in [3.8, 4) is 0 Å². The van der Waals surface area contributed by atoms with Gasteiger partial charge in [-0.15, -0.1) is 11.3 Å². The predicted molar refractivity (Wildman–Crippen MR) is 79.8 cm³/mol. The Labute approximate surface area is 129 Å². The molecule has 2 rings (SSSR count). The molecule has 1 saturated heterocycles. The third-order valence-corrected chi connectivity index (χ3v) is 5.05. The number of halogens is 1. The van der Waals surface area contributed by atoms with Crippen LogP contribution in [0.25, 0.3) is 0 Å². The standard InChI is InChI=1S/C13H15BrN2O3S/c1-8(2)16-5-4-15(12(18)13(16)19)7-10(17)11-9(14)3-6-20-11/h3,6,8H,4-5,7H2,1-2H3. The minimum atomic E-state index is -0.592. The zero-order valence-electron chi connectivity index (χ0n) is 11.3. The summed E-state index contributed by atoms with van der Waals surface area (Å²) in [6, 6.07) is 1.79. The molecule has 0 N–H and O–H groups in total. The van der Waals surface area contributed by atoms with Crippen LogP contribution >= 0.6 is 27.3 Å². The van der Waals surface area contributed by atoms with E-state index in [-0.39, 0.29) is 18.4 Å². The molecule has 108 valence electrons. The van der Waals surface area contributed by atoms with Crippen molar-refractivity contribution in [2.24, 2.45) is 0 Å². The van der Waals surface area contributed by atoms with Crippen LogP contribution in [0.3, 0.4) is 0 Å². The number of piperazine rings is 1. The third kappa shape index (κ3) is 2.93. The lowest BCUT2D eigenvalue weighted by molar-refractivity contribution is -0.156. The zero-order valence-corrected chi connectivity index (χ0v) is 13.7. The molecule has 0 atom stereocenters. The summed E-state index contributed by atoms with van der Waals surface area (Å²) in [5.74, 6) is -1.26. The summed E-state index contributed by atoms with van der Waals surface area (Å²) in [7, 11) is 0. The van der Waals surface area contributed by atoms with Gasteiger partial charge in [-0.05, 0) is 41.2 Å². The van der Waals surface area contributed by atoms with Crippen molar-refractivity contribution in [1.29, 1.82) is 0 Å². The molecule has 7 heteroatoms. The van der Waals surface area contributed by atoms with Gasteiger partial charge in [-0.25, -0.2) is 0 Å². The fraction of sp³-hybridized carbons (Fsp3) is 0.462. The topological polar surface area (TPSA) is 57.7 Å². The Morgan fingerprint density at radius 1 is 1.35 bits per heavy atom. The van der Waals surface area contributed by atoms with Crippen LogP contribution in [0.2, 0.25) is 0 Å². The van der Waals surface area contributed by atoms with Gasteiger partial charge in [-0.3, -0.25) is 14.4 Å². The van der Waals surface area contributed by atoms with Crippen LogP contribution in [0.5, 0.6) is 0 Å². The van der Waals surface area contributed by atoms with Crippen LogP contribution in [-0.4, -0.2) is 53.1 Å². The van der Waals surface area contributed by atoms with E-state index in [0.717, 1.165) is 4.47 Å². The fourth-order valence-electron chi connectivity index (χ4n) is 2.07. The van der Waals surface area contributed by atoms with E-state index in [1.165, 1.54) is 21.1 Å². The van der Waals surface area contributed by atoms with Crippen molar-refractivity contribution < 1.29 is 14.4 Å². The normalized spacial score (nSPS) is 16.2. The molecule has 1 aliphatic heterocycles. The van der Waals surface area contributed by atoms with Gasteiger partial charge in [0, 0.05) is 23.6 Å². The minimum absolute atomic E-state index is 0.00394. The van der Waals surface area contributed by atoms with E-state index >= 15 is 0 Å². The van der Waals surface area contributed by atoms with Gasteiger partial charge < -0.3 is 9.80 Å². The highest BCUT2D eigenvalue weighted by molar-refractivity contribution is 9.10.